The van der Waals surface area contributed by atoms with E-state index in [1.165, 1.54) is 12.1 Å². The van der Waals surface area contributed by atoms with Gasteiger partial charge in [0.1, 0.15) is 5.82 Å². The topological polar surface area (TPSA) is 32.3 Å². The Bertz CT molecular complexity index is 459. The van der Waals surface area contributed by atoms with E-state index in [1.54, 1.807) is 13.0 Å². The molecule has 104 valence electrons. The van der Waals surface area contributed by atoms with Crippen LogP contribution in [-0.2, 0) is 0 Å². The highest BCUT2D eigenvalue weighted by Gasteiger charge is 2.30. The zero-order valence-corrected chi connectivity index (χ0v) is 11.8. The highest BCUT2D eigenvalue weighted by Crippen LogP contribution is 2.22. The third kappa shape index (κ3) is 3.13. The molecule has 1 amide bonds. The lowest BCUT2D eigenvalue weighted by molar-refractivity contribution is 0.0661. The van der Waals surface area contributed by atoms with Gasteiger partial charge in [-0.15, -0.1) is 0 Å². The lowest BCUT2D eigenvalue weighted by atomic mass is 9.89. The fraction of sp³-hybridized carbons (Fsp3) is 0.533. The summed E-state index contributed by atoms with van der Waals surface area (Å²) in [5, 5.41) is 3.30. The lowest BCUT2D eigenvalue weighted by Crippen LogP contribution is -2.51. The number of carbonyl (C=O) groups is 1. The molecule has 1 saturated heterocycles. The van der Waals surface area contributed by atoms with Gasteiger partial charge in [0.25, 0.3) is 5.91 Å². The lowest BCUT2D eigenvalue weighted by Gasteiger charge is -2.39. The number of amides is 1. The zero-order chi connectivity index (χ0) is 14.0. The highest BCUT2D eigenvalue weighted by atomic mass is 19.1. The van der Waals surface area contributed by atoms with Crippen LogP contribution < -0.4 is 5.32 Å². The van der Waals surface area contributed by atoms with Gasteiger partial charge in [-0.25, -0.2) is 4.39 Å². The van der Waals surface area contributed by atoms with Gasteiger partial charge in [0, 0.05) is 24.2 Å². The molecular formula is C15H21FN2O. The molecule has 0 atom stereocenters. The molecule has 3 nitrogen and oxygen atoms in total. The van der Waals surface area contributed by atoms with E-state index < -0.39 is 0 Å². The van der Waals surface area contributed by atoms with Gasteiger partial charge in [-0.1, -0.05) is 0 Å². The second-order valence-electron chi connectivity index (χ2n) is 5.62. The summed E-state index contributed by atoms with van der Waals surface area (Å²) in [6.45, 7) is 5.40. The minimum absolute atomic E-state index is 0.0687. The number of carbonyl (C=O) groups excluding carboxylic acids is 1. The normalized spacial score (nSPS) is 18.4. The van der Waals surface area contributed by atoms with Crippen molar-refractivity contribution in [2.45, 2.75) is 32.2 Å². The molecule has 0 aromatic heterocycles. The van der Waals surface area contributed by atoms with Crippen molar-refractivity contribution in [1.29, 1.82) is 0 Å². The van der Waals surface area contributed by atoms with Crippen molar-refractivity contribution in [2.75, 3.05) is 20.1 Å². The van der Waals surface area contributed by atoms with Gasteiger partial charge in [-0.2, -0.15) is 0 Å². The second kappa shape index (κ2) is 5.29. The summed E-state index contributed by atoms with van der Waals surface area (Å²) in [7, 11) is 1.95. The van der Waals surface area contributed by atoms with E-state index in [1.807, 2.05) is 11.9 Å². The predicted molar refractivity (Wildman–Crippen MR) is 73.7 cm³/mol. The SMILES string of the molecule is CNC1(C)CCN(C(=O)c2cc(C)cc(F)c2)CC1. The van der Waals surface area contributed by atoms with Crippen LogP contribution in [0.4, 0.5) is 4.39 Å². The number of halogens is 1. The fourth-order valence-corrected chi connectivity index (χ4v) is 2.50. The van der Waals surface area contributed by atoms with Crippen molar-refractivity contribution in [1.82, 2.24) is 10.2 Å². The largest absolute Gasteiger partial charge is 0.339 e. The first-order valence-corrected chi connectivity index (χ1v) is 6.69. The van der Waals surface area contributed by atoms with Gasteiger partial charge in [-0.05, 0) is 57.5 Å². The molecule has 1 aromatic rings. The average molecular weight is 264 g/mol. The number of nitrogens with one attached hydrogen (secondary N) is 1. The molecule has 4 heteroatoms. The monoisotopic (exact) mass is 264 g/mol. The number of hydrogen-bond donors (Lipinski definition) is 1. The Morgan fingerprint density at radius 2 is 1.95 bits per heavy atom. The molecule has 1 N–H and O–H groups in total. The summed E-state index contributed by atoms with van der Waals surface area (Å²) in [5.74, 6) is -0.416. The Morgan fingerprint density at radius 3 is 2.47 bits per heavy atom. The number of likely N-dealkylation sites (tertiary alicyclic amines) is 1. The van der Waals surface area contributed by atoms with Crippen LogP contribution in [0.15, 0.2) is 18.2 Å². The standard InChI is InChI=1S/C15H21FN2O/c1-11-8-12(10-13(16)9-11)14(19)18-6-4-15(2,17-3)5-7-18/h8-10,17H,4-7H2,1-3H3. The van der Waals surface area contributed by atoms with Crippen molar-refractivity contribution < 1.29 is 9.18 Å². The van der Waals surface area contributed by atoms with Crippen molar-refractivity contribution in [3.05, 3.63) is 35.1 Å². The Balaban J connectivity index is 2.09. The number of nitrogens with zero attached hydrogens (tertiary/aromatic N) is 1. The smallest absolute Gasteiger partial charge is 0.253 e. The number of rotatable bonds is 2. The third-order valence-electron chi connectivity index (χ3n) is 4.05. The first kappa shape index (κ1) is 14.0. The summed E-state index contributed by atoms with van der Waals surface area (Å²) in [6, 6.07) is 4.50. The van der Waals surface area contributed by atoms with Gasteiger partial charge in [0.05, 0.1) is 0 Å². The maximum absolute atomic E-state index is 13.4. The van der Waals surface area contributed by atoms with Gasteiger partial charge >= 0.3 is 0 Å². The number of benzene rings is 1. The molecule has 1 aromatic carbocycles. The first-order valence-electron chi connectivity index (χ1n) is 6.69. The van der Waals surface area contributed by atoms with E-state index in [-0.39, 0.29) is 17.3 Å². The molecular weight excluding hydrogens is 243 g/mol. The van der Waals surface area contributed by atoms with Crippen molar-refractivity contribution in [2.24, 2.45) is 0 Å². The maximum Gasteiger partial charge on any atom is 0.253 e. The second-order valence-corrected chi connectivity index (χ2v) is 5.62. The molecule has 19 heavy (non-hydrogen) atoms. The van der Waals surface area contributed by atoms with Crippen LogP contribution >= 0.6 is 0 Å². The summed E-state index contributed by atoms with van der Waals surface area (Å²) >= 11 is 0. The quantitative estimate of drug-likeness (QED) is 0.889. The van der Waals surface area contributed by atoms with Gasteiger partial charge in [0.15, 0.2) is 0 Å². The minimum Gasteiger partial charge on any atom is -0.339 e. The van der Waals surface area contributed by atoms with Gasteiger partial charge in [0.2, 0.25) is 0 Å². The molecule has 1 heterocycles. The molecule has 0 radical (unpaired) electrons. The van der Waals surface area contributed by atoms with Crippen LogP contribution in [0.5, 0.6) is 0 Å². The van der Waals surface area contributed by atoms with Crippen LogP contribution in [0.3, 0.4) is 0 Å². The summed E-state index contributed by atoms with van der Waals surface area (Å²) in [6.07, 6.45) is 1.84. The van der Waals surface area contributed by atoms with Crippen LogP contribution in [0.25, 0.3) is 0 Å². The molecule has 1 fully saturated rings. The Labute approximate surface area is 113 Å². The van der Waals surface area contributed by atoms with Gasteiger partial charge in [-0.3, -0.25) is 4.79 Å². The number of piperidine rings is 1. The zero-order valence-electron chi connectivity index (χ0n) is 11.8. The highest BCUT2D eigenvalue weighted by molar-refractivity contribution is 5.94. The summed E-state index contributed by atoms with van der Waals surface area (Å²) < 4.78 is 13.4. The third-order valence-corrected chi connectivity index (χ3v) is 4.05. The Kier molecular flexibility index (Phi) is 3.90. The molecule has 0 saturated carbocycles. The van der Waals surface area contributed by atoms with E-state index >= 15 is 0 Å². The molecule has 0 bridgehead atoms. The van der Waals surface area contributed by atoms with Crippen LogP contribution in [0, 0.1) is 12.7 Å². The van der Waals surface area contributed by atoms with Crippen LogP contribution in [-0.4, -0.2) is 36.5 Å². The van der Waals surface area contributed by atoms with E-state index in [0.717, 1.165) is 18.4 Å². The number of aryl methyl sites for hydroxylation is 1. The van der Waals surface area contributed by atoms with Crippen LogP contribution in [0.1, 0.15) is 35.7 Å². The molecule has 1 aliphatic heterocycles. The predicted octanol–water partition coefficient (Wildman–Crippen LogP) is 2.35. The first-order chi connectivity index (χ1) is 8.93. The van der Waals surface area contributed by atoms with Crippen molar-refractivity contribution >= 4 is 5.91 Å². The molecule has 2 rings (SSSR count). The van der Waals surface area contributed by atoms with E-state index in [2.05, 4.69) is 12.2 Å². The Morgan fingerprint density at radius 1 is 1.32 bits per heavy atom. The Hall–Kier alpha value is -1.42. The maximum atomic E-state index is 13.4. The summed E-state index contributed by atoms with van der Waals surface area (Å²) in [4.78, 5) is 14.2. The molecule has 0 aliphatic carbocycles. The van der Waals surface area contributed by atoms with Crippen LogP contribution in [0.2, 0.25) is 0 Å². The minimum atomic E-state index is -0.347. The fourth-order valence-electron chi connectivity index (χ4n) is 2.50. The molecule has 1 aliphatic rings. The molecule has 0 spiro atoms. The number of hydrogen-bond acceptors (Lipinski definition) is 2. The average Bonchev–Trinajstić information content (AvgIpc) is 2.38. The molecule has 0 unspecified atom stereocenters. The van der Waals surface area contributed by atoms with Crippen molar-refractivity contribution in [3.63, 3.8) is 0 Å². The van der Waals surface area contributed by atoms with E-state index in [9.17, 15) is 9.18 Å². The van der Waals surface area contributed by atoms with Crippen molar-refractivity contribution in [3.8, 4) is 0 Å². The van der Waals surface area contributed by atoms with Gasteiger partial charge < -0.3 is 10.2 Å². The summed E-state index contributed by atoms with van der Waals surface area (Å²) in [5.41, 5.74) is 1.33. The van der Waals surface area contributed by atoms with E-state index in [0.29, 0.717) is 18.7 Å². The van der Waals surface area contributed by atoms with E-state index in [4.69, 9.17) is 0 Å².